The fourth-order valence-electron chi connectivity index (χ4n) is 2.45. The number of carbonyl (C=O) groups is 2. The summed E-state index contributed by atoms with van der Waals surface area (Å²) in [5, 5.41) is 0. The minimum absolute atomic E-state index is 0.112. The number of halogens is 1. The average molecular weight is 263 g/mol. The molecule has 5 nitrogen and oxygen atoms in total. The van der Waals surface area contributed by atoms with Crippen LogP contribution in [0.3, 0.4) is 0 Å². The SMILES string of the molecule is NC(=O)c1ccnc(C(=O)N2CC(F)(C3CC3)C2)c1. The van der Waals surface area contributed by atoms with Gasteiger partial charge in [0.15, 0.2) is 0 Å². The van der Waals surface area contributed by atoms with Crippen LogP contribution in [0.2, 0.25) is 0 Å². The Morgan fingerprint density at radius 3 is 2.68 bits per heavy atom. The number of likely N-dealkylation sites (tertiary alicyclic amines) is 1. The third-order valence-corrected chi connectivity index (χ3v) is 3.77. The van der Waals surface area contributed by atoms with E-state index in [9.17, 15) is 14.0 Å². The van der Waals surface area contributed by atoms with E-state index in [1.165, 1.54) is 23.2 Å². The van der Waals surface area contributed by atoms with Crippen molar-refractivity contribution in [2.24, 2.45) is 11.7 Å². The summed E-state index contributed by atoms with van der Waals surface area (Å²) in [6.45, 7) is 0.248. The molecule has 1 saturated carbocycles. The molecule has 2 N–H and O–H groups in total. The fraction of sp³-hybridized carbons (Fsp3) is 0.462. The Kier molecular flexibility index (Phi) is 2.55. The molecule has 1 aliphatic carbocycles. The topological polar surface area (TPSA) is 76.3 Å². The van der Waals surface area contributed by atoms with Gasteiger partial charge in [-0.3, -0.25) is 14.6 Å². The summed E-state index contributed by atoms with van der Waals surface area (Å²) in [5.41, 5.74) is 4.30. The molecule has 100 valence electrons. The predicted molar refractivity (Wildman–Crippen MR) is 65.2 cm³/mol. The lowest BCUT2D eigenvalue weighted by Crippen LogP contribution is -2.62. The Hall–Kier alpha value is -1.98. The number of alkyl halides is 1. The van der Waals surface area contributed by atoms with E-state index in [4.69, 9.17) is 5.73 Å². The van der Waals surface area contributed by atoms with Gasteiger partial charge >= 0.3 is 0 Å². The van der Waals surface area contributed by atoms with E-state index >= 15 is 0 Å². The first-order valence-electron chi connectivity index (χ1n) is 6.24. The largest absolute Gasteiger partial charge is 0.366 e. The molecule has 19 heavy (non-hydrogen) atoms. The first-order valence-corrected chi connectivity index (χ1v) is 6.24. The maximum Gasteiger partial charge on any atom is 0.272 e. The van der Waals surface area contributed by atoms with E-state index in [1.54, 1.807) is 0 Å². The van der Waals surface area contributed by atoms with Crippen LogP contribution in [-0.2, 0) is 0 Å². The number of rotatable bonds is 3. The molecule has 0 aromatic carbocycles. The summed E-state index contributed by atoms with van der Waals surface area (Å²) in [6.07, 6.45) is 3.18. The second kappa shape index (κ2) is 4.01. The molecule has 6 heteroatoms. The standard InChI is InChI=1S/C13H14FN3O2/c14-13(9-1-2-9)6-17(7-13)12(19)10-5-8(11(15)18)3-4-16-10/h3-5,9H,1-2,6-7H2,(H2,15,18). The maximum absolute atomic E-state index is 14.1. The van der Waals surface area contributed by atoms with Crippen LogP contribution in [-0.4, -0.2) is 40.5 Å². The Bertz CT molecular complexity index is 551. The number of aromatic nitrogens is 1. The molecule has 2 amide bonds. The summed E-state index contributed by atoms with van der Waals surface area (Å²) < 4.78 is 14.1. The summed E-state index contributed by atoms with van der Waals surface area (Å²) >= 11 is 0. The summed E-state index contributed by atoms with van der Waals surface area (Å²) in [7, 11) is 0. The van der Waals surface area contributed by atoms with Crippen LogP contribution in [0.25, 0.3) is 0 Å². The molecule has 0 spiro atoms. The van der Waals surface area contributed by atoms with E-state index < -0.39 is 11.6 Å². The molecule has 1 aliphatic heterocycles. The zero-order valence-corrected chi connectivity index (χ0v) is 10.3. The molecule has 1 aromatic rings. The van der Waals surface area contributed by atoms with Crippen LogP contribution < -0.4 is 5.73 Å². The highest BCUT2D eigenvalue weighted by atomic mass is 19.1. The lowest BCUT2D eigenvalue weighted by atomic mass is 9.90. The van der Waals surface area contributed by atoms with Gasteiger partial charge in [-0.25, -0.2) is 4.39 Å². The second-order valence-corrected chi connectivity index (χ2v) is 5.26. The summed E-state index contributed by atoms with van der Waals surface area (Å²) in [5.74, 6) is -0.851. The molecule has 0 radical (unpaired) electrons. The van der Waals surface area contributed by atoms with Gasteiger partial charge in [0.1, 0.15) is 11.4 Å². The van der Waals surface area contributed by atoms with Crippen molar-refractivity contribution < 1.29 is 14.0 Å². The van der Waals surface area contributed by atoms with Gasteiger partial charge in [-0.1, -0.05) is 0 Å². The van der Waals surface area contributed by atoms with Crippen molar-refractivity contribution in [1.29, 1.82) is 0 Å². The van der Waals surface area contributed by atoms with Gasteiger partial charge in [-0.05, 0) is 30.9 Å². The van der Waals surface area contributed by atoms with E-state index in [1.807, 2.05) is 0 Å². The van der Waals surface area contributed by atoms with Gasteiger partial charge in [0, 0.05) is 11.8 Å². The van der Waals surface area contributed by atoms with Crippen LogP contribution in [0.4, 0.5) is 4.39 Å². The maximum atomic E-state index is 14.1. The molecule has 2 heterocycles. The zero-order valence-electron chi connectivity index (χ0n) is 10.3. The number of nitrogens with zero attached hydrogens (tertiary/aromatic N) is 2. The van der Waals surface area contributed by atoms with Crippen LogP contribution in [0.5, 0.6) is 0 Å². The third kappa shape index (κ3) is 2.07. The number of amides is 2. The number of nitrogens with two attached hydrogens (primary N) is 1. The van der Waals surface area contributed by atoms with Crippen LogP contribution in [0.1, 0.15) is 33.7 Å². The predicted octanol–water partition coefficient (Wildman–Crippen LogP) is 0.755. The van der Waals surface area contributed by atoms with Gasteiger partial charge in [0.05, 0.1) is 13.1 Å². The molecule has 0 atom stereocenters. The minimum atomic E-state index is -1.21. The first kappa shape index (κ1) is 12.1. The van der Waals surface area contributed by atoms with Crippen LogP contribution in [0, 0.1) is 5.92 Å². The molecule has 1 aromatic heterocycles. The van der Waals surface area contributed by atoms with Crippen molar-refractivity contribution in [3.8, 4) is 0 Å². The highest BCUT2D eigenvalue weighted by Crippen LogP contribution is 2.47. The van der Waals surface area contributed by atoms with Crippen molar-refractivity contribution in [2.75, 3.05) is 13.1 Å². The van der Waals surface area contributed by atoms with Gasteiger partial charge < -0.3 is 10.6 Å². The Morgan fingerprint density at radius 2 is 2.11 bits per heavy atom. The van der Waals surface area contributed by atoms with Gasteiger partial charge in [-0.2, -0.15) is 0 Å². The first-order chi connectivity index (χ1) is 8.99. The van der Waals surface area contributed by atoms with Gasteiger partial charge in [-0.15, -0.1) is 0 Å². The number of hydrogen-bond acceptors (Lipinski definition) is 3. The number of pyridine rings is 1. The lowest BCUT2D eigenvalue weighted by molar-refractivity contribution is -0.0339. The molecular weight excluding hydrogens is 249 g/mol. The van der Waals surface area contributed by atoms with E-state index in [0.29, 0.717) is 0 Å². The molecule has 0 unspecified atom stereocenters. The van der Waals surface area contributed by atoms with Gasteiger partial charge in [0.2, 0.25) is 5.91 Å². The zero-order chi connectivity index (χ0) is 13.6. The smallest absolute Gasteiger partial charge is 0.272 e. The Labute approximate surface area is 109 Å². The molecule has 1 saturated heterocycles. The normalized spacial score (nSPS) is 20.8. The van der Waals surface area contributed by atoms with Crippen molar-refractivity contribution in [1.82, 2.24) is 9.88 Å². The van der Waals surface area contributed by atoms with E-state index in [0.717, 1.165) is 12.8 Å². The Morgan fingerprint density at radius 1 is 1.42 bits per heavy atom. The minimum Gasteiger partial charge on any atom is -0.366 e. The van der Waals surface area contributed by atoms with E-state index in [2.05, 4.69) is 4.98 Å². The number of primary amides is 1. The average Bonchev–Trinajstić information content (AvgIpc) is 3.18. The van der Waals surface area contributed by atoms with E-state index in [-0.39, 0.29) is 36.2 Å². The molecule has 2 aliphatic rings. The van der Waals surface area contributed by atoms with Gasteiger partial charge in [0.25, 0.3) is 5.91 Å². The highest BCUT2D eigenvalue weighted by Gasteiger charge is 2.55. The third-order valence-electron chi connectivity index (χ3n) is 3.77. The van der Waals surface area contributed by atoms with Crippen LogP contribution in [0.15, 0.2) is 18.3 Å². The quantitative estimate of drug-likeness (QED) is 0.874. The molecule has 3 rings (SSSR count). The fourth-order valence-corrected chi connectivity index (χ4v) is 2.45. The second-order valence-electron chi connectivity index (χ2n) is 5.26. The van der Waals surface area contributed by atoms with Crippen molar-refractivity contribution in [3.05, 3.63) is 29.6 Å². The summed E-state index contributed by atoms with van der Waals surface area (Å²) in [4.78, 5) is 28.5. The monoisotopic (exact) mass is 263 g/mol. The van der Waals surface area contributed by atoms with Crippen molar-refractivity contribution in [3.63, 3.8) is 0 Å². The molecule has 0 bridgehead atoms. The number of hydrogen-bond donors (Lipinski definition) is 1. The van der Waals surface area contributed by atoms with Crippen molar-refractivity contribution in [2.45, 2.75) is 18.5 Å². The van der Waals surface area contributed by atoms with Crippen LogP contribution >= 0.6 is 0 Å². The Balaban J connectivity index is 1.71. The molecular formula is C13H14FN3O2. The van der Waals surface area contributed by atoms with Crippen molar-refractivity contribution >= 4 is 11.8 Å². The number of carbonyl (C=O) groups excluding carboxylic acids is 2. The highest BCUT2D eigenvalue weighted by molar-refractivity contribution is 5.98. The summed E-state index contributed by atoms with van der Waals surface area (Å²) in [6, 6.07) is 2.79. The molecule has 2 fully saturated rings. The lowest BCUT2D eigenvalue weighted by Gasteiger charge is -2.44.